The van der Waals surface area contributed by atoms with E-state index in [1.54, 1.807) is 17.9 Å². The minimum atomic E-state index is -0.219. The molecule has 2 N–H and O–H groups in total. The van der Waals surface area contributed by atoms with Gasteiger partial charge in [0, 0.05) is 25.3 Å². The van der Waals surface area contributed by atoms with E-state index in [4.69, 9.17) is 0 Å². The number of carbonyl (C=O) groups is 2. The third kappa shape index (κ3) is 5.08. The van der Waals surface area contributed by atoms with Crippen LogP contribution in [0.25, 0.3) is 0 Å². The zero-order valence-electron chi connectivity index (χ0n) is 15.9. The molecule has 0 aliphatic heterocycles. The van der Waals surface area contributed by atoms with Crippen LogP contribution in [-0.4, -0.2) is 33.7 Å². The molecule has 0 bridgehead atoms. The van der Waals surface area contributed by atoms with Crippen molar-refractivity contribution in [2.45, 2.75) is 89.1 Å². The van der Waals surface area contributed by atoms with Gasteiger partial charge in [0.15, 0.2) is 5.69 Å². The van der Waals surface area contributed by atoms with Gasteiger partial charge in [0.2, 0.25) is 0 Å². The first-order valence-corrected chi connectivity index (χ1v) is 10.3. The Bertz CT molecular complexity index is 558. The summed E-state index contributed by atoms with van der Waals surface area (Å²) in [7, 11) is 1.75. The summed E-state index contributed by atoms with van der Waals surface area (Å²) in [5.41, 5.74) is 0.644. The van der Waals surface area contributed by atoms with Crippen LogP contribution in [0.2, 0.25) is 0 Å². The highest BCUT2D eigenvalue weighted by molar-refractivity contribution is 6.06. The van der Waals surface area contributed by atoms with Gasteiger partial charge in [-0.15, -0.1) is 0 Å². The molecule has 1 aromatic heterocycles. The van der Waals surface area contributed by atoms with Crippen LogP contribution >= 0.6 is 0 Å². The minimum absolute atomic E-state index is 0.170. The molecule has 144 valence electrons. The van der Waals surface area contributed by atoms with Gasteiger partial charge in [0.05, 0.1) is 5.56 Å². The van der Waals surface area contributed by atoms with E-state index >= 15 is 0 Å². The van der Waals surface area contributed by atoms with Crippen LogP contribution in [0.4, 0.5) is 0 Å². The predicted octanol–water partition coefficient (Wildman–Crippen LogP) is 3.33. The van der Waals surface area contributed by atoms with E-state index in [1.165, 1.54) is 25.7 Å². The molecule has 0 atom stereocenters. The van der Waals surface area contributed by atoms with E-state index in [0.29, 0.717) is 5.56 Å². The number of amides is 2. The van der Waals surface area contributed by atoms with Gasteiger partial charge in [-0.05, 0) is 25.7 Å². The van der Waals surface area contributed by atoms with Crippen molar-refractivity contribution in [3.05, 3.63) is 17.5 Å². The van der Waals surface area contributed by atoms with Crippen molar-refractivity contribution in [2.75, 3.05) is 0 Å². The van der Waals surface area contributed by atoms with Crippen molar-refractivity contribution in [3.8, 4) is 0 Å². The summed E-state index contributed by atoms with van der Waals surface area (Å²) in [6.07, 6.45) is 15.3. The van der Waals surface area contributed by atoms with E-state index in [0.717, 1.165) is 51.4 Å². The van der Waals surface area contributed by atoms with E-state index in [9.17, 15) is 9.59 Å². The lowest BCUT2D eigenvalue weighted by atomic mass is 10.1. The summed E-state index contributed by atoms with van der Waals surface area (Å²) in [6.45, 7) is 0. The van der Waals surface area contributed by atoms with E-state index < -0.39 is 0 Å². The maximum absolute atomic E-state index is 12.8. The highest BCUT2D eigenvalue weighted by Crippen LogP contribution is 2.19. The minimum Gasteiger partial charge on any atom is -0.349 e. The van der Waals surface area contributed by atoms with E-state index in [-0.39, 0.29) is 29.6 Å². The van der Waals surface area contributed by atoms with Crippen molar-refractivity contribution >= 4 is 11.8 Å². The molecule has 0 spiro atoms. The first kappa shape index (κ1) is 18.9. The van der Waals surface area contributed by atoms with E-state index in [2.05, 4.69) is 15.7 Å². The highest BCUT2D eigenvalue weighted by Gasteiger charge is 2.25. The largest absolute Gasteiger partial charge is 0.349 e. The molecule has 6 nitrogen and oxygen atoms in total. The SMILES string of the molecule is Cn1cc(C(=O)NC2CCCCCC2)c(C(=O)NC2CCCCCC2)n1. The van der Waals surface area contributed by atoms with Crippen LogP contribution < -0.4 is 10.6 Å². The van der Waals surface area contributed by atoms with Gasteiger partial charge in [-0.2, -0.15) is 5.10 Å². The molecule has 2 fully saturated rings. The van der Waals surface area contributed by atoms with Gasteiger partial charge in [0.1, 0.15) is 0 Å². The summed E-state index contributed by atoms with van der Waals surface area (Å²) in [5, 5.41) is 10.5. The Kier molecular flexibility index (Phi) is 6.69. The molecule has 0 radical (unpaired) electrons. The number of hydrogen-bond acceptors (Lipinski definition) is 3. The standard InChI is InChI=1S/C20H32N4O2/c1-24-14-17(19(25)21-15-10-6-2-3-7-11-15)18(23-24)20(26)22-16-12-8-4-5-9-13-16/h14-16H,2-13H2,1H3,(H,21,25)(H,22,26). The number of rotatable bonds is 4. The van der Waals surface area contributed by atoms with Crippen molar-refractivity contribution < 1.29 is 9.59 Å². The molecular formula is C20H32N4O2. The quantitative estimate of drug-likeness (QED) is 0.809. The van der Waals surface area contributed by atoms with Crippen LogP contribution in [-0.2, 0) is 7.05 Å². The summed E-state index contributed by atoms with van der Waals surface area (Å²) >= 11 is 0. The fraction of sp³-hybridized carbons (Fsp3) is 0.750. The maximum atomic E-state index is 12.8. The summed E-state index contributed by atoms with van der Waals surface area (Å²) in [4.78, 5) is 25.5. The Morgan fingerprint density at radius 2 is 1.31 bits per heavy atom. The predicted molar refractivity (Wildman–Crippen MR) is 101 cm³/mol. The van der Waals surface area contributed by atoms with Crippen molar-refractivity contribution in [1.82, 2.24) is 20.4 Å². The Hall–Kier alpha value is -1.85. The van der Waals surface area contributed by atoms with Gasteiger partial charge in [-0.25, -0.2) is 0 Å². The van der Waals surface area contributed by atoms with Crippen molar-refractivity contribution in [1.29, 1.82) is 0 Å². The second-order valence-corrected chi connectivity index (χ2v) is 7.89. The molecular weight excluding hydrogens is 328 g/mol. The van der Waals surface area contributed by atoms with Crippen LogP contribution in [0.15, 0.2) is 6.20 Å². The smallest absolute Gasteiger partial charge is 0.272 e. The van der Waals surface area contributed by atoms with Crippen LogP contribution in [0.5, 0.6) is 0 Å². The van der Waals surface area contributed by atoms with Gasteiger partial charge >= 0.3 is 0 Å². The lowest BCUT2D eigenvalue weighted by Crippen LogP contribution is -2.38. The molecule has 2 saturated carbocycles. The van der Waals surface area contributed by atoms with Crippen molar-refractivity contribution in [3.63, 3.8) is 0 Å². The summed E-state index contributed by atoms with van der Waals surface area (Å²) < 4.78 is 1.56. The second kappa shape index (κ2) is 9.19. The molecule has 26 heavy (non-hydrogen) atoms. The molecule has 2 aliphatic rings. The number of aryl methyl sites for hydroxylation is 1. The topological polar surface area (TPSA) is 76.0 Å². The average molecular weight is 361 g/mol. The maximum Gasteiger partial charge on any atom is 0.272 e. The van der Waals surface area contributed by atoms with Crippen LogP contribution in [0, 0.1) is 0 Å². The number of nitrogens with zero attached hydrogens (tertiary/aromatic N) is 2. The fourth-order valence-electron chi connectivity index (χ4n) is 4.19. The lowest BCUT2D eigenvalue weighted by molar-refractivity contribution is 0.0895. The molecule has 0 unspecified atom stereocenters. The van der Waals surface area contributed by atoms with Crippen LogP contribution in [0.3, 0.4) is 0 Å². The fourth-order valence-corrected chi connectivity index (χ4v) is 4.19. The first-order chi connectivity index (χ1) is 12.6. The molecule has 2 aliphatic carbocycles. The Labute approximate surface area is 156 Å². The Balaban J connectivity index is 1.66. The first-order valence-electron chi connectivity index (χ1n) is 10.3. The van der Waals surface area contributed by atoms with Crippen LogP contribution in [0.1, 0.15) is 97.9 Å². The molecule has 2 amide bonds. The average Bonchev–Trinajstić information content (AvgIpc) is 2.81. The van der Waals surface area contributed by atoms with E-state index in [1.807, 2.05) is 0 Å². The number of nitrogens with one attached hydrogen (secondary N) is 2. The van der Waals surface area contributed by atoms with Gasteiger partial charge in [0.25, 0.3) is 11.8 Å². The third-order valence-electron chi connectivity index (χ3n) is 5.67. The lowest BCUT2D eigenvalue weighted by Gasteiger charge is -2.17. The van der Waals surface area contributed by atoms with Gasteiger partial charge in [-0.3, -0.25) is 14.3 Å². The Morgan fingerprint density at radius 3 is 1.81 bits per heavy atom. The molecule has 1 aromatic rings. The molecule has 0 aromatic carbocycles. The molecule has 1 heterocycles. The molecule has 3 rings (SSSR count). The molecule has 6 heteroatoms. The zero-order chi connectivity index (χ0) is 18.4. The normalized spacial score (nSPS) is 20.2. The number of carbonyl (C=O) groups excluding carboxylic acids is 2. The number of aromatic nitrogens is 2. The monoisotopic (exact) mass is 360 g/mol. The zero-order valence-corrected chi connectivity index (χ0v) is 15.9. The second-order valence-electron chi connectivity index (χ2n) is 7.89. The summed E-state index contributed by atoms with van der Waals surface area (Å²) in [5.74, 6) is -0.389. The number of hydrogen-bond donors (Lipinski definition) is 2. The summed E-state index contributed by atoms with van der Waals surface area (Å²) in [6, 6.07) is 0.410. The third-order valence-corrected chi connectivity index (χ3v) is 5.67. The Morgan fingerprint density at radius 1 is 0.846 bits per heavy atom. The van der Waals surface area contributed by atoms with Gasteiger partial charge in [-0.1, -0.05) is 51.4 Å². The molecule has 0 saturated heterocycles. The van der Waals surface area contributed by atoms with Gasteiger partial charge < -0.3 is 10.6 Å². The van der Waals surface area contributed by atoms with Crippen molar-refractivity contribution in [2.24, 2.45) is 7.05 Å². The highest BCUT2D eigenvalue weighted by atomic mass is 16.2.